The fraction of sp³-hybridized carbons (Fsp3) is 1.00. The Morgan fingerprint density at radius 1 is 0.895 bits per heavy atom. The van der Waals surface area contributed by atoms with Crippen molar-refractivity contribution in [2.24, 2.45) is 17.3 Å². The summed E-state index contributed by atoms with van der Waals surface area (Å²) in [4.78, 5) is 0. The van der Waals surface area contributed by atoms with Crippen LogP contribution in [-0.2, 0) is 0 Å². The summed E-state index contributed by atoms with van der Waals surface area (Å²) in [5.74, 6) is 2.03. The molecule has 0 aromatic carbocycles. The van der Waals surface area contributed by atoms with Crippen LogP contribution >= 0.6 is 0 Å². The quantitative estimate of drug-likeness (QED) is 0.724. The lowest BCUT2D eigenvalue weighted by Crippen LogP contribution is -2.45. The summed E-state index contributed by atoms with van der Waals surface area (Å²) in [5, 5.41) is 3.96. The summed E-state index contributed by atoms with van der Waals surface area (Å²) in [6.45, 7) is 8.33. The van der Waals surface area contributed by atoms with E-state index in [0.717, 1.165) is 17.9 Å². The normalized spacial score (nSPS) is 30.5. The zero-order chi connectivity index (χ0) is 13.7. The Balaban J connectivity index is 1.88. The molecule has 0 aromatic rings. The SMILES string of the molecule is CCC(C)(C)CNC1CCCCC1C1CCCCC1. The van der Waals surface area contributed by atoms with Gasteiger partial charge in [0.2, 0.25) is 0 Å². The van der Waals surface area contributed by atoms with Crippen LogP contribution in [0.2, 0.25) is 0 Å². The second kappa shape index (κ2) is 7.11. The average Bonchev–Trinajstić information content (AvgIpc) is 2.46. The minimum atomic E-state index is 0.467. The van der Waals surface area contributed by atoms with Crippen LogP contribution < -0.4 is 5.32 Å². The molecule has 0 bridgehead atoms. The largest absolute Gasteiger partial charge is 0.313 e. The van der Waals surface area contributed by atoms with Gasteiger partial charge in [-0.3, -0.25) is 0 Å². The van der Waals surface area contributed by atoms with Crippen LogP contribution in [-0.4, -0.2) is 12.6 Å². The maximum Gasteiger partial charge on any atom is 0.00981 e. The van der Waals surface area contributed by atoms with E-state index in [1.54, 1.807) is 0 Å². The zero-order valence-corrected chi connectivity index (χ0v) is 13.5. The van der Waals surface area contributed by atoms with Crippen molar-refractivity contribution in [3.8, 4) is 0 Å². The van der Waals surface area contributed by atoms with Crippen LogP contribution in [0.4, 0.5) is 0 Å². The fourth-order valence-electron chi connectivity index (χ4n) is 4.07. The molecular formula is C18H35N. The third-order valence-electron chi connectivity index (χ3n) is 5.87. The summed E-state index contributed by atoms with van der Waals surface area (Å²) >= 11 is 0. The first-order valence-corrected chi connectivity index (χ1v) is 8.86. The highest BCUT2D eigenvalue weighted by atomic mass is 14.9. The molecule has 112 valence electrons. The van der Waals surface area contributed by atoms with Gasteiger partial charge in [0.25, 0.3) is 0 Å². The van der Waals surface area contributed by atoms with E-state index < -0.39 is 0 Å². The second-order valence-electron chi connectivity index (χ2n) is 7.85. The van der Waals surface area contributed by atoms with Crippen molar-refractivity contribution < 1.29 is 0 Å². The number of nitrogens with one attached hydrogen (secondary N) is 1. The van der Waals surface area contributed by atoms with Crippen LogP contribution in [0.3, 0.4) is 0 Å². The zero-order valence-electron chi connectivity index (χ0n) is 13.5. The summed E-state index contributed by atoms with van der Waals surface area (Å²) in [5.41, 5.74) is 0.467. The van der Waals surface area contributed by atoms with Crippen molar-refractivity contribution in [2.45, 2.75) is 91.0 Å². The molecule has 0 heterocycles. The van der Waals surface area contributed by atoms with Gasteiger partial charge in [0.15, 0.2) is 0 Å². The van der Waals surface area contributed by atoms with E-state index in [1.165, 1.54) is 70.8 Å². The number of hydrogen-bond donors (Lipinski definition) is 1. The van der Waals surface area contributed by atoms with Gasteiger partial charge in [-0.05, 0) is 36.5 Å². The molecular weight excluding hydrogens is 230 g/mol. The van der Waals surface area contributed by atoms with E-state index in [-0.39, 0.29) is 0 Å². The van der Waals surface area contributed by atoms with Gasteiger partial charge in [-0.15, -0.1) is 0 Å². The summed E-state index contributed by atoms with van der Waals surface area (Å²) in [7, 11) is 0. The number of rotatable bonds is 5. The molecule has 2 atom stereocenters. The molecule has 1 N–H and O–H groups in total. The molecule has 2 aliphatic carbocycles. The van der Waals surface area contributed by atoms with Crippen LogP contribution in [0.1, 0.15) is 85.0 Å². The predicted octanol–water partition coefficient (Wildman–Crippen LogP) is 5.15. The van der Waals surface area contributed by atoms with Crippen molar-refractivity contribution in [1.29, 1.82) is 0 Å². The molecule has 0 saturated heterocycles. The average molecular weight is 265 g/mol. The van der Waals surface area contributed by atoms with E-state index in [2.05, 4.69) is 26.1 Å². The summed E-state index contributed by atoms with van der Waals surface area (Å²) in [6.07, 6.45) is 14.6. The van der Waals surface area contributed by atoms with Gasteiger partial charge in [0.1, 0.15) is 0 Å². The van der Waals surface area contributed by atoms with Crippen LogP contribution in [0.15, 0.2) is 0 Å². The molecule has 2 saturated carbocycles. The predicted molar refractivity (Wildman–Crippen MR) is 84.4 cm³/mol. The maximum absolute atomic E-state index is 3.96. The van der Waals surface area contributed by atoms with Gasteiger partial charge in [0, 0.05) is 12.6 Å². The highest BCUT2D eigenvalue weighted by molar-refractivity contribution is 4.88. The Bertz CT molecular complexity index is 252. The second-order valence-corrected chi connectivity index (χ2v) is 7.85. The molecule has 2 rings (SSSR count). The lowest BCUT2D eigenvalue weighted by atomic mass is 9.70. The molecule has 2 fully saturated rings. The van der Waals surface area contributed by atoms with Crippen LogP contribution in [0, 0.1) is 17.3 Å². The van der Waals surface area contributed by atoms with E-state index in [0.29, 0.717) is 5.41 Å². The van der Waals surface area contributed by atoms with E-state index >= 15 is 0 Å². The third-order valence-corrected chi connectivity index (χ3v) is 5.87. The van der Waals surface area contributed by atoms with Crippen molar-refractivity contribution in [3.05, 3.63) is 0 Å². The van der Waals surface area contributed by atoms with Crippen molar-refractivity contribution in [3.63, 3.8) is 0 Å². The van der Waals surface area contributed by atoms with Crippen LogP contribution in [0.25, 0.3) is 0 Å². The van der Waals surface area contributed by atoms with E-state index in [4.69, 9.17) is 0 Å². The monoisotopic (exact) mass is 265 g/mol. The van der Waals surface area contributed by atoms with Gasteiger partial charge in [-0.1, -0.05) is 65.7 Å². The van der Waals surface area contributed by atoms with Gasteiger partial charge in [-0.2, -0.15) is 0 Å². The van der Waals surface area contributed by atoms with Crippen molar-refractivity contribution >= 4 is 0 Å². The van der Waals surface area contributed by atoms with Gasteiger partial charge in [0.05, 0.1) is 0 Å². The Hall–Kier alpha value is -0.0400. The van der Waals surface area contributed by atoms with Gasteiger partial charge < -0.3 is 5.32 Å². The molecule has 0 aromatic heterocycles. The van der Waals surface area contributed by atoms with Crippen LogP contribution in [0.5, 0.6) is 0 Å². The van der Waals surface area contributed by atoms with Gasteiger partial charge >= 0.3 is 0 Å². The van der Waals surface area contributed by atoms with Crippen molar-refractivity contribution in [1.82, 2.24) is 5.32 Å². The first kappa shape index (κ1) is 15.4. The number of hydrogen-bond acceptors (Lipinski definition) is 1. The lowest BCUT2D eigenvalue weighted by Gasteiger charge is -2.41. The third kappa shape index (κ3) is 4.48. The lowest BCUT2D eigenvalue weighted by molar-refractivity contribution is 0.140. The molecule has 0 aliphatic heterocycles. The highest BCUT2D eigenvalue weighted by Crippen LogP contribution is 2.38. The molecule has 2 aliphatic rings. The Kier molecular flexibility index (Phi) is 5.74. The molecule has 0 amide bonds. The molecule has 0 spiro atoms. The first-order chi connectivity index (χ1) is 9.12. The Morgan fingerprint density at radius 2 is 1.53 bits per heavy atom. The topological polar surface area (TPSA) is 12.0 Å². The Morgan fingerprint density at radius 3 is 2.21 bits per heavy atom. The molecule has 2 unspecified atom stereocenters. The highest BCUT2D eigenvalue weighted by Gasteiger charge is 2.32. The van der Waals surface area contributed by atoms with E-state index in [1.807, 2.05) is 0 Å². The molecule has 19 heavy (non-hydrogen) atoms. The minimum Gasteiger partial charge on any atom is -0.313 e. The molecule has 1 heteroatoms. The Labute approximate surface area is 120 Å². The van der Waals surface area contributed by atoms with E-state index in [9.17, 15) is 0 Å². The van der Waals surface area contributed by atoms with Crippen molar-refractivity contribution in [2.75, 3.05) is 6.54 Å². The summed E-state index contributed by atoms with van der Waals surface area (Å²) < 4.78 is 0. The first-order valence-electron chi connectivity index (χ1n) is 8.86. The minimum absolute atomic E-state index is 0.467. The van der Waals surface area contributed by atoms with Gasteiger partial charge in [-0.25, -0.2) is 0 Å². The standard InChI is InChI=1S/C18H35N/c1-4-18(2,3)14-19-17-13-9-8-12-16(17)15-10-6-5-7-11-15/h15-17,19H,4-14H2,1-3H3. The molecule has 0 radical (unpaired) electrons. The maximum atomic E-state index is 3.96. The smallest absolute Gasteiger partial charge is 0.00981 e. The fourth-order valence-corrected chi connectivity index (χ4v) is 4.07. The molecule has 1 nitrogen and oxygen atoms in total. The summed E-state index contributed by atoms with van der Waals surface area (Å²) in [6, 6.07) is 0.822.